The topological polar surface area (TPSA) is 50.4 Å². The molecule has 2 rings (SSSR count). The summed E-state index contributed by atoms with van der Waals surface area (Å²) in [5, 5.41) is 6.55. The minimum Gasteiger partial charge on any atom is -0.491 e. The summed E-state index contributed by atoms with van der Waals surface area (Å²) in [6, 6.07) is 7.95. The predicted octanol–water partition coefficient (Wildman–Crippen LogP) is 2.27. The monoisotopic (exact) mass is 290 g/mol. The van der Waals surface area contributed by atoms with Crippen molar-refractivity contribution in [3.05, 3.63) is 29.8 Å². The van der Waals surface area contributed by atoms with Crippen LogP contribution in [0.5, 0.6) is 5.75 Å². The highest BCUT2D eigenvalue weighted by Crippen LogP contribution is 2.19. The van der Waals surface area contributed by atoms with Gasteiger partial charge < -0.3 is 15.4 Å². The van der Waals surface area contributed by atoms with Crippen LogP contribution in [0, 0.1) is 0 Å². The van der Waals surface area contributed by atoms with Gasteiger partial charge in [0.25, 0.3) is 0 Å². The fraction of sp³-hybridized carbons (Fsp3) is 0.588. The maximum atomic E-state index is 12.2. The first kappa shape index (κ1) is 15.8. The number of ether oxygens (including phenoxy) is 1. The Morgan fingerprint density at radius 3 is 2.86 bits per heavy atom. The summed E-state index contributed by atoms with van der Waals surface area (Å²) in [5.41, 5.74) is 0.951. The second-order valence-electron chi connectivity index (χ2n) is 6.55. The molecule has 4 heteroatoms. The molecular formula is C17H26N2O2. The molecule has 2 N–H and O–H groups in total. The van der Waals surface area contributed by atoms with E-state index in [1.54, 1.807) is 0 Å². The molecule has 0 bridgehead atoms. The van der Waals surface area contributed by atoms with E-state index in [1.807, 2.05) is 38.1 Å². The molecule has 0 aromatic heterocycles. The maximum Gasteiger partial charge on any atom is 0.224 e. The van der Waals surface area contributed by atoms with Crippen LogP contribution >= 0.6 is 0 Å². The van der Waals surface area contributed by atoms with Crippen LogP contribution in [0.15, 0.2) is 24.3 Å². The molecule has 1 aliphatic heterocycles. The van der Waals surface area contributed by atoms with Crippen LogP contribution < -0.4 is 15.4 Å². The summed E-state index contributed by atoms with van der Waals surface area (Å²) in [6.45, 7) is 9.20. The molecule has 0 spiro atoms. The van der Waals surface area contributed by atoms with Crippen LogP contribution in [-0.4, -0.2) is 30.1 Å². The van der Waals surface area contributed by atoms with E-state index in [4.69, 9.17) is 4.74 Å². The molecule has 4 nitrogen and oxygen atoms in total. The highest BCUT2D eigenvalue weighted by Gasteiger charge is 2.34. The van der Waals surface area contributed by atoms with Gasteiger partial charge in [0.05, 0.1) is 12.5 Å². The summed E-state index contributed by atoms with van der Waals surface area (Å²) >= 11 is 0. The lowest BCUT2D eigenvalue weighted by molar-refractivity contribution is -0.121. The molecular weight excluding hydrogens is 264 g/mol. The third-order valence-corrected chi connectivity index (χ3v) is 3.85. The van der Waals surface area contributed by atoms with E-state index >= 15 is 0 Å². The van der Waals surface area contributed by atoms with Crippen molar-refractivity contribution in [1.82, 2.24) is 10.6 Å². The van der Waals surface area contributed by atoms with Gasteiger partial charge in [-0.25, -0.2) is 0 Å². The highest BCUT2D eigenvalue weighted by molar-refractivity contribution is 5.79. The molecule has 1 heterocycles. The molecule has 1 amide bonds. The third-order valence-electron chi connectivity index (χ3n) is 3.85. The van der Waals surface area contributed by atoms with Gasteiger partial charge in [-0.3, -0.25) is 4.79 Å². The highest BCUT2D eigenvalue weighted by atomic mass is 16.5. The summed E-state index contributed by atoms with van der Waals surface area (Å²) in [7, 11) is 0. The molecule has 1 atom stereocenters. The number of hydrogen-bond acceptors (Lipinski definition) is 3. The third kappa shape index (κ3) is 4.46. The molecule has 21 heavy (non-hydrogen) atoms. The Hall–Kier alpha value is -1.55. The van der Waals surface area contributed by atoms with Gasteiger partial charge in [-0.05, 0) is 58.4 Å². The second kappa shape index (κ2) is 6.48. The smallest absolute Gasteiger partial charge is 0.224 e. The molecule has 0 saturated carbocycles. The first-order valence-electron chi connectivity index (χ1n) is 7.67. The minimum atomic E-state index is -0.0295. The maximum absolute atomic E-state index is 12.2. The molecule has 0 aliphatic carbocycles. The van der Waals surface area contributed by atoms with Crippen molar-refractivity contribution in [2.45, 2.75) is 58.2 Å². The summed E-state index contributed by atoms with van der Waals surface area (Å²) < 4.78 is 5.66. The van der Waals surface area contributed by atoms with Crippen molar-refractivity contribution in [1.29, 1.82) is 0 Å². The van der Waals surface area contributed by atoms with E-state index in [2.05, 4.69) is 24.5 Å². The first-order chi connectivity index (χ1) is 9.87. The number of carbonyl (C=O) groups excluding carboxylic acids is 1. The van der Waals surface area contributed by atoms with Crippen LogP contribution in [0.4, 0.5) is 0 Å². The quantitative estimate of drug-likeness (QED) is 0.874. The normalized spacial score (nSPS) is 20.5. The molecule has 1 saturated heterocycles. The van der Waals surface area contributed by atoms with E-state index in [1.165, 1.54) is 0 Å². The van der Waals surface area contributed by atoms with Gasteiger partial charge in [-0.1, -0.05) is 12.1 Å². The molecule has 0 radical (unpaired) electrons. The molecule has 116 valence electrons. The average Bonchev–Trinajstić information content (AvgIpc) is 2.68. The Labute approximate surface area is 127 Å². The fourth-order valence-corrected chi connectivity index (χ4v) is 2.71. The van der Waals surface area contributed by atoms with Gasteiger partial charge in [0.1, 0.15) is 5.75 Å². The average molecular weight is 290 g/mol. The summed E-state index contributed by atoms with van der Waals surface area (Å²) in [6.07, 6.45) is 1.51. The van der Waals surface area contributed by atoms with Gasteiger partial charge in [0.15, 0.2) is 0 Å². The van der Waals surface area contributed by atoms with Gasteiger partial charge in [-0.2, -0.15) is 0 Å². The molecule has 1 fully saturated rings. The number of amides is 1. The van der Waals surface area contributed by atoms with Crippen LogP contribution in [0.1, 0.15) is 39.7 Å². The van der Waals surface area contributed by atoms with Crippen LogP contribution in [0.25, 0.3) is 0 Å². The van der Waals surface area contributed by atoms with Gasteiger partial charge in [0, 0.05) is 11.6 Å². The van der Waals surface area contributed by atoms with Crippen molar-refractivity contribution < 1.29 is 9.53 Å². The fourth-order valence-electron chi connectivity index (χ4n) is 2.71. The predicted molar refractivity (Wildman–Crippen MR) is 84.5 cm³/mol. The molecule has 1 unspecified atom stereocenters. The van der Waals surface area contributed by atoms with E-state index < -0.39 is 0 Å². The zero-order valence-corrected chi connectivity index (χ0v) is 13.4. The van der Waals surface area contributed by atoms with Crippen LogP contribution in [0.2, 0.25) is 0 Å². The number of benzene rings is 1. The van der Waals surface area contributed by atoms with Crippen LogP contribution in [-0.2, 0) is 11.2 Å². The number of hydrogen-bond donors (Lipinski definition) is 2. The van der Waals surface area contributed by atoms with Crippen molar-refractivity contribution >= 4 is 5.91 Å². The Bertz CT molecular complexity index is 497. The number of rotatable bonds is 5. The van der Waals surface area contributed by atoms with Gasteiger partial charge >= 0.3 is 0 Å². The van der Waals surface area contributed by atoms with Crippen molar-refractivity contribution in [3.8, 4) is 5.75 Å². The van der Waals surface area contributed by atoms with Crippen LogP contribution in [0.3, 0.4) is 0 Å². The summed E-state index contributed by atoms with van der Waals surface area (Å²) in [4.78, 5) is 12.2. The SMILES string of the molecule is CC(C)Oc1cccc(CC(=O)NC2CCNC2(C)C)c1. The zero-order valence-electron chi connectivity index (χ0n) is 13.4. The first-order valence-corrected chi connectivity index (χ1v) is 7.67. The number of nitrogens with one attached hydrogen (secondary N) is 2. The standard InChI is InChI=1S/C17H26N2O2/c1-12(2)21-14-7-5-6-13(10-14)11-16(20)19-15-8-9-18-17(15,3)4/h5-7,10,12,15,18H,8-9,11H2,1-4H3,(H,19,20). The van der Waals surface area contributed by atoms with Crippen molar-refractivity contribution in [2.75, 3.05) is 6.54 Å². The Kier molecular flexibility index (Phi) is 4.88. The van der Waals surface area contributed by atoms with E-state index in [-0.39, 0.29) is 23.6 Å². The van der Waals surface area contributed by atoms with E-state index in [9.17, 15) is 4.79 Å². The Balaban J connectivity index is 1.93. The van der Waals surface area contributed by atoms with E-state index in [0.29, 0.717) is 6.42 Å². The van der Waals surface area contributed by atoms with Crippen molar-refractivity contribution in [3.63, 3.8) is 0 Å². The van der Waals surface area contributed by atoms with Crippen molar-refractivity contribution in [2.24, 2.45) is 0 Å². The summed E-state index contributed by atoms with van der Waals surface area (Å²) in [5.74, 6) is 0.886. The molecule has 1 aromatic carbocycles. The largest absolute Gasteiger partial charge is 0.491 e. The minimum absolute atomic E-state index is 0.0295. The van der Waals surface area contributed by atoms with Gasteiger partial charge in [0.2, 0.25) is 5.91 Å². The Morgan fingerprint density at radius 1 is 1.48 bits per heavy atom. The lowest BCUT2D eigenvalue weighted by Gasteiger charge is -2.27. The lowest BCUT2D eigenvalue weighted by atomic mass is 9.96. The molecule has 1 aliphatic rings. The lowest BCUT2D eigenvalue weighted by Crippen LogP contribution is -2.51. The van der Waals surface area contributed by atoms with E-state index in [0.717, 1.165) is 24.3 Å². The second-order valence-corrected chi connectivity index (χ2v) is 6.55. The number of carbonyl (C=O) groups is 1. The van der Waals surface area contributed by atoms with Gasteiger partial charge in [-0.15, -0.1) is 0 Å². The zero-order chi connectivity index (χ0) is 15.5. The Morgan fingerprint density at radius 2 is 2.24 bits per heavy atom. The molecule has 1 aromatic rings.